The van der Waals surface area contributed by atoms with E-state index in [9.17, 15) is 0 Å². The largest absolute Gasteiger partial charge is 0.271 e. The number of hydrogen-bond acceptors (Lipinski definition) is 3. The van der Waals surface area contributed by atoms with Gasteiger partial charge >= 0.3 is 0 Å². The second-order valence-corrected chi connectivity index (χ2v) is 6.49. The van der Waals surface area contributed by atoms with Crippen molar-refractivity contribution in [3.8, 4) is 0 Å². The molecule has 3 rings (SSSR count). The van der Waals surface area contributed by atoms with Gasteiger partial charge in [-0.3, -0.25) is 16.3 Å². The van der Waals surface area contributed by atoms with Crippen molar-refractivity contribution in [3.05, 3.63) is 63.0 Å². The number of nitrogens with one attached hydrogen (secondary N) is 1. The van der Waals surface area contributed by atoms with Crippen molar-refractivity contribution < 1.29 is 0 Å². The second-order valence-electron chi connectivity index (χ2n) is 5.25. The summed E-state index contributed by atoms with van der Waals surface area (Å²) >= 11 is 2.34. The van der Waals surface area contributed by atoms with Crippen LogP contribution < -0.4 is 11.3 Å². The van der Waals surface area contributed by atoms with Crippen molar-refractivity contribution in [2.45, 2.75) is 31.2 Å². The Hall–Kier alpha value is -0.980. The van der Waals surface area contributed by atoms with Crippen LogP contribution in [0.4, 0.5) is 0 Å². The summed E-state index contributed by atoms with van der Waals surface area (Å²) < 4.78 is 1.23. The van der Waals surface area contributed by atoms with Gasteiger partial charge in [-0.25, -0.2) is 0 Å². The summed E-state index contributed by atoms with van der Waals surface area (Å²) in [5.41, 5.74) is 6.83. The van der Waals surface area contributed by atoms with Gasteiger partial charge in [0.05, 0.1) is 6.04 Å². The fraction of sp³-hybridized carbons (Fsp3) is 0.312. The van der Waals surface area contributed by atoms with Crippen molar-refractivity contribution in [3.63, 3.8) is 0 Å². The fourth-order valence-electron chi connectivity index (χ4n) is 3.11. The molecule has 0 bridgehead atoms. The fourth-order valence-corrected chi connectivity index (χ4v) is 3.68. The highest BCUT2D eigenvalue weighted by atomic mass is 127. The number of benzene rings is 1. The number of pyridine rings is 1. The first-order valence-corrected chi connectivity index (χ1v) is 8.03. The Kier molecular flexibility index (Phi) is 4.33. The van der Waals surface area contributed by atoms with E-state index in [2.05, 4.69) is 63.3 Å². The maximum atomic E-state index is 5.86. The minimum atomic E-state index is 0.124. The van der Waals surface area contributed by atoms with Gasteiger partial charge in [-0.15, -0.1) is 0 Å². The van der Waals surface area contributed by atoms with E-state index in [0.29, 0.717) is 5.92 Å². The molecule has 0 aliphatic heterocycles. The molecule has 0 spiro atoms. The number of aromatic nitrogens is 1. The Morgan fingerprint density at radius 3 is 3.00 bits per heavy atom. The second kappa shape index (κ2) is 6.20. The van der Waals surface area contributed by atoms with E-state index in [1.54, 1.807) is 0 Å². The smallest absolute Gasteiger partial charge is 0.0544 e. The molecule has 3 N–H and O–H groups in total. The van der Waals surface area contributed by atoms with Crippen molar-refractivity contribution in [1.82, 2.24) is 10.4 Å². The summed E-state index contributed by atoms with van der Waals surface area (Å²) in [6, 6.07) is 12.9. The van der Waals surface area contributed by atoms with Crippen molar-refractivity contribution in [1.29, 1.82) is 0 Å². The number of rotatable bonds is 3. The number of hydrogen-bond donors (Lipinski definition) is 2. The van der Waals surface area contributed by atoms with Crippen LogP contribution in [0.3, 0.4) is 0 Å². The number of halogens is 1. The highest BCUT2D eigenvalue weighted by Gasteiger charge is 2.29. The zero-order valence-electron chi connectivity index (χ0n) is 11.2. The molecule has 0 saturated carbocycles. The van der Waals surface area contributed by atoms with Gasteiger partial charge in [0.25, 0.3) is 0 Å². The number of fused-ring (bicyclic) bond motifs is 1. The molecule has 0 amide bonds. The topological polar surface area (TPSA) is 50.9 Å². The quantitative estimate of drug-likeness (QED) is 0.489. The Morgan fingerprint density at radius 2 is 2.20 bits per heavy atom. The Labute approximate surface area is 133 Å². The zero-order chi connectivity index (χ0) is 13.9. The average Bonchev–Trinajstić information content (AvgIpc) is 2.48. The molecule has 1 aliphatic carbocycles. The number of aryl methyl sites for hydroxylation is 1. The summed E-state index contributed by atoms with van der Waals surface area (Å²) in [6.45, 7) is 0. The average molecular weight is 379 g/mol. The summed E-state index contributed by atoms with van der Waals surface area (Å²) in [4.78, 5) is 4.62. The summed E-state index contributed by atoms with van der Waals surface area (Å²) in [7, 11) is 0. The van der Waals surface area contributed by atoms with Gasteiger partial charge in [0.1, 0.15) is 0 Å². The van der Waals surface area contributed by atoms with Crippen LogP contribution in [-0.2, 0) is 6.42 Å². The minimum Gasteiger partial charge on any atom is -0.271 e. The standard InChI is InChI=1S/C16H18IN3/c17-13-7-1-5-12(10-13)16(20-18)14-8-2-4-11-6-3-9-19-15(11)14/h1,3,5-7,9-10,14,16,20H,2,4,8,18H2. The first-order valence-electron chi connectivity index (χ1n) is 6.95. The first kappa shape index (κ1) is 14.0. The van der Waals surface area contributed by atoms with Crippen molar-refractivity contribution in [2.75, 3.05) is 0 Å². The van der Waals surface area contributed by atoms with Crippen molar-refractivity contribution in [2.24, 2.45) is 5.84 Å². The van der Waals surface area contributed by atoms with Gasteiger partial charge in [-0.2, -0.15) is 0 Å². The Balaban J connectivity index is 1.99. The van der Waals surface area contributed by atoms with E-state index < -0.39 is 0 Å². The van der Waals surface area contributed by atoms with Crippen LogP contribution in [-0.4, -0.2) is 4.98 Å². The van der Waals surface area contributed by atoms with Crippen LogP contribution in [0.2, 0.25) is 0 Å². The van der Waals surface area contributed by atoms with Crippen molar-refractivity contribution >= 4 is 22.6 Å². The van der Waals surface area contributed by atoms with E-state index in [1.807, 2.05) is 12.3 Å². The SMILES string of the molecule is NNC(c1cccc(I)c1)C1CCCc2cccnc21. The molecule has 2 unspecified atom stereocenters. The normalized spacial score (nSPS) is 19.4. The van der Waals surface area contributed by atoms with E-state index in [0.717, 1.165) is 12.8 Å². The van der Waals surface area contributed by atoms with E-state index in [4.69, 9.17) is 5.84 Å². The van der Waals surface area contributed by atoms with Crippen LogP contribution in [0.5, 0.6) is 0 Å². The zero-order valence-corrected chi connectivity index (χ0v) is 13.4. The molecule has 0 radical (unpaired) electrons. The molecule has 20 heavy (non-hydrogen) atoms. The van der Waals surface area contributed by atoms with Gasteiger partial charge < -0.3 is 0 Å². The lowest BCUT2D eigenvalue weighted by Crippen LogP contribution is -2.34. The van der Waals surface area contributed by atoms with Crippen LogP contribution in [0.15, 0.2) is 42.6 Å². The molecule has 1 aliphatic rings. The van der Waals surface area contributed by atoms with Crippen LogP contribution in [0, 0.1) is 3.57 Å². The first-order chi connectivity index (χ1) is 9.79. The van der Waals surface area contributed by atoms with E-state index in [1.165, 1.54) is 26.8 Å². The highest BCUT2D eigenvalue weighted by molar-refractivity contribution is 14.1. The molecule has 2 atom stereocenters. The van der Waals surface area contributed by atoms with Gasteiger partial charge in [-0.1, -0.05) is 18.2 Å². The summed E-state index contributed by atoms with van der Waals surface area (Å²) in [5.74, 6) is 6.21. The maximum absolute atomic E-state index is 5.86. The third-order valence-electron chi connectivity index (χ3n) is 4.03. The summed E-state index contributed by atoms with van der Waals surface area (Å²) in [5, 5.41) is 0. The van der Waals surface area contributed by atoms with Crippen LogP contribution >= 0.6 is 22.6 Å². The molecular weight excluding hydrogens is 361 g/mol. The minimum absolute atomic E-state index is 0.124. The lowest BCUT2D eigenvalue weighted by atomic mass is 9.80. The van der Waals surface area contributed by atoms with Gasteiger partial charge in [-0.05, 0) is 71.2 Å². The Bertz CT molecular complexity index is 600. The van der Waals surface area contributed by atoms with Gasteiger partial charge in [0, 0.05) is 21.4 Å². The molecule has 1 aromatic heterocycles. The van der Waals surface area contributed by atoms with Gasteiger partial charge in [0.2, 0.25) is 0 Å². The predicted molar refractivity (Wildman–Crippen MR) is 89.1 cm³/mol. The Morgan fingerprint density at radius 1 is 1.30 bits per heavy atom. The monoisotopic (exact) mass is 379 g/mol. The molecule has 1 aromatic carbocycles. The lowest BCUT2D eigenvalue weighted by Gasteiger charge is -2.31. The van der Waals surface area contributed by atoms with Crippen LogP contribution in [0.1, 0.15) is 41.6 Å². The number of nitrogens with two attached hydrogens (primary N) is 1. The summed E-state index contributed by atoms with van der Waals surface area (Å²) in [6.07, 6.45) is 5.35. The molecule has 3 nitrogen and oxygen atoms in total. The van der Waals surface area contributed by atoms with Crippen LogP contribution in [0.25, 0.3) is 0 Å². The molecule has 104 valence electrons. The van der Waals surface area contributed by atoms with Gasteiger partial charge in [0.15, 0.2) is 0 Å². The highest BCUT2D eigenvalue weighted by Crippen LogP contribution is 2.38. The predicted octanol–water partition coefficient (Wildman–Crippen LogP) is 3.31. The third kappa shape index (κ3) is 2.73. The van der Waals surface area contributed by atoms with E-state index >= 15 is 0 Å². The lowest BCUT2D eigenvalue weighted by molar-refractivity contribution is 0.400. The molecule has 1 heterocycles. The molecule has 4 heteroatoms. The molecule has 2 aromatic rings. The number of nitrogens with zero attached hydrogens (tertiary/aromatic N) is 1. The molecule has 0 saturated heterocycles. The molecular formula is C16H18IN3. The maximum Gasteiger partial charge on any atom is 0.0544 e. The third-order valence-corrected chi connectivity index (χ3v) is 4.70. The van der Waals surface area contributed by atoms with E-state index in [-0.39, 0.29) is 6.04 Å². The molecule has 0 fully saturated rings. The number of hydrazine groups is 1.